The molecule has 0 aliphatic rings. The molecule has 0 saturated carbocycles. The molecule has 0 unspecified atom stereocenters. The van der Waals surface area contributed by atoms with Gasteiger partial charge in [0.15, 0.2) is 17.5 Å². The quantitative estimate of drug-likeness (QED) is 0.804. The second-order valence-electron chi connectivity index (χ2n) is 4.90. The molecule has 0 bridgehead atoms. The molecule has 0 aliphatic heterocycles. The Morgan fingerprint density at radius 3 is 2.73 bits per heavy atom. The first kappa shape index (κ1) is 14.5. The fourth-order valence-corrected chi connectivity index (χ4v) is 2.58. The number of carbonyl (C=O) groups is 1. The Hall–Kier alpha value is -2.42. The molecule has 2 aromatic heterocycles. The van der Waals surface area contributed by atoms with E-state index >= 15 is 0 Å². The van der Waals surface area contributed by atoms with Gasteiger partial charge in [-0.3, -0.25) is 4.79 Å². The molecule has 114 valence electrons. The van der Waals surface area contributed by atoms with Gasteiger partial charge >= 0.3 is 0 Å². The van der Waals surface area contributed by atoms with Gasteiger partial charge < -0.3 is 5.32 Å². The molecule has 22 heavy (non-hydrogen) atoms. The highest BCUT2D eigenvalue weighted by Crippen LogP contribution is 2.20. The van der Waals surface area contributed by atoms with Crippen LogP contribution in [-0.2, 0) is 0 Å². The average molecular weight is 323 g/mol. The van der Waals surface area contributed by atoms with Crippen LogP contribution in [0.5, 0.6) is 0 Å². The molecule has 1 N–H and O–H groups in total. The van der Waals surface area contributed by atoms with Gasteiger partial charge in [-0.25, -0.2) is 8.78 Å². The minimum Gasteiger partial charge on any atom is -0.320 e. The van der Waals surface area contributed by atoms with Crippen molar-refractivity contribution in [2.75, 3.05) is 5.32 Å². The van der Waals surface area contributed by atoms with Crippen LogP contribution in [0.3, 0.4) is 0 Å². The molecule has 0 aliphatic carbocycles. The highest BCUT2D eigenvalue weighted by molar-refractivity contribution is 7.18. The lowest BCUT2D eigenvalue weighted by molar-refractivity contribution is 0.102. The van der Waals surface area contributed by atoms with E-state index in [0.29, 0.717) is 10.8 Å². The summed E-state index contributed by atoms with van der Waals surface area (Å²) in [5, 5.41) is 14.7. The minimum atomic E-state index is -1.03. The summed E-state index contributed by atoms with van der Waals surface area (Å²) in [7, 11) is 0. The summed E-state index contributed by atoms with van der Waals surface area (Å²) in [6.45, 7) is 3.88. The van der Waals surface area contributed by atoms with Crippen molar-refractivity contribution in [3.63, 3.8) is 0 Å². The zero-order chi connectivity index (χ0) is 15.9. The second kappa shape index (κ2) is 5.41. The lowest BCUT2D eigenvalue weighted by Gasteiger charge is -2.03. The third-order valence-corrected chi connectivity index (χ3v) is 3.80. The molecule has 0 atom stereocenters. The van der Waals surface area contributed by atoms with E-state index in [4.69, 9.17) is 0 Å². The molecule has 0 radical (unpaired) electrons. The van der Waals surface area contributed by atoms with E-state index in [1.54, 1.807) is 0 Å². The number of rotatable bonds is 3. The Balaban J connectivity index is 1.87. The predicted octanol–water partition coefficient (Wildman–Crippen LogP) is 2.84. The third-order valence-electron chi connectivity index (χ3n) is 2.90. The Bertz CT molecular complexity index is 857. The number of nitrogens with zero attached hydrogens (tertiary/aromatic N) is 4. The number of aromatic nitrogens is 4. The zero-order valence-electron chi connectivity index (χ0n) is 11.7. The number of anilines is 1. The molecule has 1 amide bonds. The van der Waals surface area contributed by atoms with Crippen molar-refractivity contribution in [2.45, 2.75) is 19.8 Å². The number of carbonyl (C=O) groups excluding carboxylic acids is 1. The van der Waals surface area contributed by atoms with Gasteiger partial charge in [-0.1, -0.05) is 25.2 Å². The Labute approximate surface area is 127 Å². The topological polar surface area (TPSA) is 72.2 Å². The molecule has 3 aromatic rings. The van der Waals surface area contributed by atoms with Crippen LogP contribution in [0.15, 0.2) is 18.2 Å². The number of nitrogens with one attached hydrogen (secondary N) is 1. The van der Waals surface area contributed by atoms with Crippen molar-refractivity contribution >= 4 is 27.9 Å². The van der Waals surface area contributed by atoms with Gasteiger partial charge in [-0.2, -0.15) is 4.52 Å². The summed E-state index contributed by atoms with van der Waals surface area (Å²) in [5.41, 5.74) is 0.152. The van der Waals surface area contributed by atoms with Crippen molar-refractivity contribution in [1.82, 2.24) is 19.8 Å². The molecule has 0 saturated heterocycles. The normalized spacial score (nSPS) is 11.3. The first-order chi connectivity index (χ1) is 10.5. The maximum Gasteiger partial charge on any atom is 0.286 e. The molecule has 3 rings (SSSR count). The van der Waals surface area contributed by atoms with E-state index in [0.717, 1.165) is 23.5 Å². The van der Waals surface area contributed by atoms with E-state index in [1.807, 2.05) is 13.8 Å². The summed E-state index contributed by atoms with van der Waals surface area (Å²) >= 11 is 1.07. The summed E-state index contributed by atoms with van der Waals surface area (Å²) in [6.07, 6.45) is 0. The molecule has 1 aromatic carbocycles. The number of fused-ring (bicyclic) bond motifs is 1. The zero-order valence-corrected chi connectivity index (χ0v) is 12.5. The summed E-state index contributed by atoms with van der Waals surface area (Å²) < 4.78 is 27.5. The van der Waals surface area contributed by atoms with Gasteiger partial charge in [0.25, 0.3) is 5.91 Å². The maximum absolute atomic E-state index is 13.1. The molecular weight excluding hydrogens is 312 g/mol. The predicted molar refractivity (Wildman–Crippen MR) is 77.1 cm³/mol. The van der Waals surface area contributed by atoms with Crippen LogP contribution in [0.2, 0.25) is 0 Å². The van der Waals surface area contributed by atoms with Gasteiger partial charge in [-0.15, -0.1) is 15.3 Å². The molecular formula is C13H11F2N5OS. The highest BCUT2D eigenvalue weighted by atomic mass is 32.1. The monoisotopic (exact) mass is 323 g/mol. The lowest BCUT2D eigenvalue weighted by atomic mass is 10.2. The number of amides is 1. The van der Waals surface area contributed by atoms with Crippen molar-refractivity contribution < 1.29 is 13.6 Å². The molecule has 2 heterocycles. The van der Waals surface area contributed by atoms with Crippen LogP contribution in [0, 0.1) is 11.6 Å². The fraction of sp³-hybridized carbons (Fsp3) is 0.231. The Kier molecular flexibility index (Phi) is 3.57. The standard InChI is InChI=1S/C13H11F2N5OS/c1-6(2)10-17-18-13-20(10)19-12(22-13)11(21)16-7-3-4-8(14)9(15)5-7/h3-6H,1-2H3,(H,16,21). The average Bonchev–Trinajstić information content (AvgIpc) is 3.02. The van der Waals surface area contributed by atoms with Crippen molar-refractivity contribution in [3.05, 3.63) is 40.7 Å². The first-order valence-corrected chi connectivity index (χ1v) is 7.26. The molecule has 9 heteroatoms. The van der Waals surface area contributed by atoms with Crippen LogP contribution in [-0.4, -0.2) is 25.7 Å². The Morgan fingerprint density at radius 1 is 1.27 bits per heavy atom. The van der Waals surface area contributed by atoms with Gasteiger partial charge in [-0.05, 0) is 12.1 Å². The summed E-state index contributed by atoms with van der Waals surface area (Å²) in [6, 6.07) is 3.13. The number of benzene rings is 1. The van der Waals surface area contributed by atoms with Crippen molar-refractivity contribution in [3.8, 4) is 0 Å². The SMILES string of the molecule is CC(C)c1nnc2sc(C(=O)Nc3ccc(F)c(F)c3)nn12. The van der Waals surface area contributed by atoms with Crippen molar-refractivity contribution in [1.29, 1.82) is 0 Å². The number of hydrogen-bond donors (Lipinski definition) is 1. The van der Waals surface area contributed by atoms with Gasteiger partial charge in [0.05, 0.1) is 0 Å². The van der Waals surface area contributed by atoms with Gasteiger partial charge in [0, 0.05) is 17.7 Å². The smallest absolute Gasteiger partial charge is 0.286 e. The van der Waals surface area contributed by atoms with E-state index in [-0.39, 0.29) is 16.6 Å². The molecule has 0 fully saturated rings. The van der Waals surface area contributed by atoms with Gasteiger partial charge in [0.1, 0.15) is 0 Å². The lowest BCUT2D eigenvalue weighted by Crippen LogP contribution is -2.12. The first-order valence-electron chi connectivity index (χ1n) is 6.44. The van der Waals surface area contributed by atoms with Crippen LogP contribution in [0.1, 0.15) is 35.4 Å². The summed E-state index contributed by atoms with van der Waals surface area (Å²) in [4.78, 5) is 12.6. The Morgan fingerprint density at radius 2 is 2.05 bits per heavy atom. The van der Waals surface area contributed by atoms with Crippen LogP contribution in [0.4, 0.5) is 14.5 Å². The highest BCUT2D eigenvalue weighted by Gasteiger charge is 2.18. The van der Waals surface area contributed by atoms with Crippen LogP contribution < -0.4 is 5.32 Å². The van der Waals surface area contributed by atoms with E-state index in [1.165, 1.54) is 10.6 Å². The van der Waals surface area contributed by atoms with E-state index < -0.39 is 17.5 Å². The second-order valence-corrected chi connectivity index (χ2v) is 5.85. The van der Waals surface area contributed by atoms with E-state index in [9.17, 15) is 13.6 Å². The van der Waals surface area contributed by atoms with Crippen LogP contribution >= 0.6 is 11.3 Å². The minimum absolute atomic E-state index is 0.110. The van der Waals surface area contributed by atoms with E-state index in [2.05, 4.69) is 20.6 Å². The fourth-order valence-electron chi connectivity index (χ4n) is 1.84. The largest absolute Gasteiger partial charge is 0.320 e. The number of halogens is 2. The van der Waals surface area contributed by atoms with Gasteiger partial charge in [0.2, 0.25) is 9.97 Å². The van der Waals surface area contributed by atoms with Crippen molar-refractivity contribution in [2.24, 2.45) is 0 Å². The number of hydrogen-bond acceptors (Lipinski definition) is 5. The van der Waals surface area contributed by atoms with Crippen LogP contribution in [0.25, 0.3) is 4.96 Å². The third kappa shape index (κ3) is 2.54. The maximum atomic E-state index is 13.1. The molecule has 6 nitrogen and oxygen atoms in total. The molecule has 0 spiro atoms. The summed E-state index contributed by atoms with van der Waals surface area (Å²) in [5.74, 6) is -1.76.